The van der Waals surface area contributed by atoms with E-state index in [-0.39, 0.29) is 69.4 Å². The smallest absolute Gasteiger partial charge is 0.894 e. The zero-order valence-electron chi connectivity index (χ0n) is 13.4. The third-order valence-corrected chi connectivity index (χ3v) is 1.23. The van der Waals surface area contributed by atoms with Crippen LogP contribution in [0.4, 0.5) is 0 Å². The molecule has 15 nitrogen and oxygen atoms in total. The van der Waals surface area contributed by atoms with Gasteiger partial charge in [0.25, 0.3) is 0 Å². The summed E-state index contributed by atoms with van der Waals surface area (Å²) in [6.07, 6.45) is 0. The summed E-state index contributed by atoms with van der Waals surface area (Å²) in [5, 5.41) is 10.2. The largest absolute Gasteiger partial charge is 3.00 e. The van der Waals surface area contributed by atoms with Gasteiger partial charge in [-0.25, -0.2) is 0 Å². The van der Waals surface area contributed by atoms with Crippen molar-refractivity contribution in [1.82, 2.24) is 15.4 Å². The van der Waals surface area contributed by atoms with Crippen molar-refractivity contribution in [2.75, 3.05) is 0 Å². The Bertz CT molecular complexity index is 503. The minimum atomic E-state index is -5.61. The number of nitrogens with zero attached hydrogens (tertiary/aromatic N) is 2. The van der Waals surface area contributed by atoms with Crippen molar-refractivity contribution < 1.29 is 57.5 Å². The molecule has 0 aliphatic rings. The predicted molar refractivity (Wildman–Crippen MR) is 74.2 cm³/mol. The average molecular weight is 503 g/mol. The maximum absolute atomic E-state index is 8.58. The first kappa shape index (κ1) is 42.9. The molecule has 140 valence electrons. The van der Waals surface area contributed by atoms with Crippen LogP contribution in [0.2, 0.25) is 0 Å². The van der Waals surface area contributed by atoms with Crippen molar-refractivity contribution in [2.24, 2.45) is 0 Å². The third kappa shape index (κ3) is 56.3. The molecule has 2 aromatic rings. The molecule has 1 heterocycles. The first-order chi connectivity index (χ1) is 10.5. The van der Waals surface area contributed by atoms with Gasteiger partial charge in [0.15, 0.2) is 0 Å². The van der Waals surface area contributed by atoms with Crippen LogP contribution in [0.3, 0.4) is 0 Å². The van der Waals surface area contributed by atoms with E-state index in [1.54, 1.807) is 0 Å². The number of rotatable bonds is 0. The summed E-state index contributed by atoms with van der Waals surface area (Å²) in [6.45, 7) is 0. The van der Waals surface area contributed by atoms with Gasteiger partial charge in [-0.1, -0.05) is 17.3 Å². The molecule has 0 unspecified atom stereocenters. The van der Waals surface area contributed by atoms with Crippen molar-refractivity contribution in [2.45, 2.75) is 0 Å². The molecule has 0 aliphatic carbocycles. The SMILES string of the molecule is [Al+3].[Al+3].[Al+3].[Al+3].[O-][Si]([O-])([O-])[O-].[O-][Si]([O-])([O-])[O-].[O-][Si]([O-])([O-])[O-].c1ccc2[nH]nnc2c1. The number of hydrogen-bond acceptors (Lipinski definition) is 14. The average Bonchev–Trinajstić information content (AvgIpc) is 2.69. The second-order valence-electron chi connectivity index (χ2n) is 3.33. The third-order valence-electron chi connectivity index (χ3n) is 1.23. The topological polar surface area (TPSA) is 318 Å². The summed E-state index contributed by atoms with van der Waals surface area (Å²) < 4.78 is 0. The Morgan fingerprint density at radius 2 is 0.857 bits per heavy atom. The Kier molecular flexibility index (Phi) is 30.4. The molecule has 1 aromatic carbocycles. The van der Waals surface area contributed by atoms with Gasteiger partial charge in [0.2, 0.25) is 0 Å². The minimum Gasteiger partial charge on any atom is -0.894 e. The van der Waals surface area contributed by atoms with Gasteiger partial charge in [0, 0.05) is 0 Å². The summed E-state index contributed by atoms with van der Waals surface area (Å²) in [7, 11) is -16.8. The molecule has 0 atom stereocenters. The summed E-state index contributed by atoms with van der Waals surface area (Å²) in [6, 6.07) is 7.74. The van der Waals surface area contributed by atoms with Gasteiger partial charge >= 0.3 is 69.4 Å². The quantitative estimate of drug-likeness (QED) is 0.326. The number of aromatic nitrogens is 3. The maximum Gasteiger partial charge on any atom is 3.00 e. The van der Waals surface area contributed by atoms with E-state index in [0.717, 1.165) is 11.0 Å². The van der Waals surface area contributed by atoms with E-state index in [1.165, 1.54) is 0 Å². The second kappa shape index (κ2) is 19.9. The fraction of sp³-hybridized carbons (Fsp3) is 0. The first-order valence-corrected chi connectivity index (χ1v) is 10.1. The van der Waals surface area contributed by atoms with Gasteiger partial charge in [0.1, 0.15) is 5.52 Å². The first-order valence-electron chi connectivity index (χ1n) is 5.17. The second-order valence-corrected chi connectivity index (χ2v) is 6.33. The number of aromatic amines is 1. The van der Waals surface area contributed by atoms with Crippen LogP contribution >= 0.6 is 0 Å². The molecule has 28 heavy (non-hydrogen) atoms. The van der Waals surface area contributed by atoms with Crippen LogP contribution in [0.1, 0.15) is 0 Å². The van der Waals surface area contributed by atoms with Gasteiger partial charge in [-0.3, -0.25) is 5.10 Å². The van der Waals surface area contributed by atoms with Crippen molar-refractivity contribution >= 4 is 108 Å². The summed E-state index contributed by atoms with van der Waals surface area (Å²) in [5.74, 6) is 0. The standard InChI is InChI=1S/C6H5N3.4Al.3O4Si/c1-2-4-6-5(3-1)7-9-8-6;;;;;3*1-5(2,3)4/h1-4H,(H,7,8,9);;;;;;;/q;4*+3;3*-4. The summed E-state index contributed by atoms with van der Waals surface area (Å²) >= 11 is 0. The molecule has 0 radical (unpaired) electrons. The van der Waals surface area contributed by atoms with Crippen LogP contribution in [0.5, 0.6) is 0 Å². The van der Waals surface area contributed by atoms with Gasteiger partial charge in [-0.15, -0.1) is 5.10 Å². The van der Waals surface area contributed by atoms with Gasteiger partial charge in [0.05, 0.1) is 5.52 Å². The zero-order valence-corrected chi connectivity index (χ0v) is 21.0. The molecule has 0 aliphatic heterocycles. The van der Waals surface area contributed by atoms with Gasteiger partial charge in [-0.2, -0.15) is 0 Å². The molecule has 0 saturated heterocycles. The predicted octanol–water partition coefficient (Wildman–Crippen LogP) is -16.0. The molecule has 0 saturated carbocycles. The molecule has 22 heteroatoms. The van der Waals surface area contributed by atoms with E-state index in [9.17, 15) is 0 Å². The Labute approximate surface area is 203 Å². The van der Waals surface area contributed by atoms with Crippen LogP contribution in [0.15, 0.2) is 24.3 Å². The summed E-state index contributed by atoms with van der Waals surface area (Å²) in [5.41, 5.74) is 1.90. The Balaban J connectivity index is -0.0000000576. The van der Waals surface area contributed by atoms with Crippen LogP contribution in [-0.2, 0) is 0 Å². The van der Waals surface area contributed by atoms with E-state index in [4.69, 9.17) is 57.5 Å². The molecule has 0 amide bonds. The molecule has 1 aromatic heterocycles. The zero-order chi connectivity index (χ0) is 19.6. The fourth-order valence-electron chi connectivity index (χ4n) is 0.788. The molecule has 0 bridgehead atoms. The maximum atomic E-state index is 8.58. The van der Waals surface area contributed by atoms with Crippen molar-refractivity contribution in [3.63, 3.8) is 0 Å². The van der Waals surface area contributed by atoms with Crippen LogP contribution in [0.25, 0.3) is 11.0 Å². The van der Waals surface area contributed by atoms with E-state index >= 15 is 0 Å². The molecular weight excluding hydrogens is 498 g/mol. The summed E-state index contributed by atoms with van der Waals surface area (Å²) in [4.78, 5) is 103. The molecular formula is C6H5Al4N3O12Si3. The Morgan fingerprint density at radius 3 is 1.14 bits per heavy atom. The molecule has 2 rings (SSSR count). The number of hydrogen-bond donors (Lipinski definition) is 1. The monoisotopic (exact) mass is 503 g/mol. The number of H-pyrrole nitrogens is 1. The van der Waals surface area contributed by atoms with E-state index in [2.05, 4.69) is 15.4 Å². The number of benzene rings is 1. The van der Waals surface area contributed by atoms with Crippen molar-refractivity contribution in [3.05, 3.63) is 24.3 Å². The van der Waals surface area contributed by atoms with Crippen LogP contribution in [-0.4, -0.2) is 112 Å². The number of fused-ring (bicyclic) bond motifs is 1. The fourth-order valence-corrected chi connectivity index (χ4v) is 0.788. The van der Waals surface area contributed by atoms with E-state index in [0.29, 0.717) is 0 Å². The van der Waals surface area contributed by atoms with Gasteiger partial charge < -0.3 is 84.7 Å². The minimum absolute atomic E-state index is 0. The van der Waals surface area contributed by atoms with Crippen LogP contribution < -0.4 is 57.5 Å². The number of nitrogens with one attached hydrogen (secondary N) is 1. The van der Waals surface area contributed by atoms with Crippen molar-refractivity contribution in [3.8, 4) is 0 Å². The van der Waals surface area contributed by atoms with Crippen LogP contribution in [0, 0.1) is 0 Å². The molecule has 1 N–H and O–H groups in total. The van der Waals surface area contributed by atoms with E-state index in [1.807, 2.05) is 24.3 Å². The molecule has 0 spiro atoms. The van der Waals surface area contributed by atoms with E-state index < -0.39 is 27.1 Å². The number of para-hydroxylation sites is 1. The Hall–Kier alpha value is 0.921. The van der Waals surface area contributed by atoms with Gasteiger partial charge in [-0.05, 0) is 12.1 Å². The normalized spacial score (nSPS) is 9.71. The molecule has 0 fully saturated rings. The van der Waals surface area contributed by atoms with Crippen molar-refractivity contribution in [1.29, 1.82) is 0 Å². The Morgan fingerprint density at radius 1 is 0.571 bits per heavy atom.